The number of phenolic OH excluding ortho intramolecular Hbond substituents is 1. The van der Waals surface area contributed by atoms with E-state index in [1.807, 2.05) is 0 Å². The van der Waals surface area contributed by atoms with Gasteiger partial charge in [-0.25, -0.2) is 0 Å². The van der Waals surface area contributed by atoms with Gasteiger partial charge in [-0.05, 0) is 39.1 Å². The number of ketones is 3. The quantitative estimate of drug-likeness (QED) is 0.145. The Labute approximate surface area is 182 Å². The first-order valence-electron chi connectivity index (χ1n) is 9.97. The standard InChI is InChI=1S/C22H24N2O8/c1-21(31)8-5-4-6-11(25)12(8)16(26)13-9(21)7-10-15(24(2)3)17(27)14(20(23)30)19(29)22(10,32)18(13)28/h4-6,9-10,15,25-26,30-32H,7,23H2,1-3H3/b20-14-/t9-,10-,15-,21+,22-/m0/s1. The number of rotatable bonds is 1. The number of nitrogens with zero attached hydrogens (tertiary/aromatic N) is 1. The molecule has 2 fully saturated rings. The largest absolute Gasteiger partial charge is 0.507 e. The fourth-order valence-corrected chi connectivity index (χ4v) is 5.49. The molecule has 0 unspecified atom stereocenters. The number of carbonyl (C=O) groups is 3. The summed E-state index contributed by atoms with van der Waals surface area (Å²) in [6.45, 7) is 1.40. The zero-order valence-electron chi connectivity index (χ0n) is 17.7. The molecule has 0 heterocycles. The second kappa shape index (κ2) is 6.64. The van der Waals surface area contributed by atoms with Crippen molar-refractivity contribution in [3.05, 3.63) is 46.4 Å². The monoisotopic (exact) mass is 444 g/mol. The van der Waals surface area contributed by atoms with Gasteiger partial charge in [0.25, 0.3) is 0 Å². The molecule has 3 aliphatic rings. The molecule has 2 saturated carbocycles. The number of Topliss-reactive ketones (excluding diaryl/α,β-unsaturated/α-hetero) is 3. The Kier molecular flexibility index (Phi) is 4.57. The lowest BCUT2D eigenvalue weighted by atomic mass is 9.53. The second-order valence-electron chi connectivity index (χ2n) is 8.96. The molecule has 4 rings (SSSR count). The van der Waals surface area contributed by atoms with E-state index < -0.39 is 75.0 Å². The number of carbonyl (C=O) groups excluding carboxylic acids is 3. The third kappa shape index (κ3) is 2.48. The van der Waals surface area contributed by atoms with Crippen LogP contribution < -0.4 is 5.73 Å². The first-order valence-corrected chi connectivity index (χ1v) is 9.97. The number of aromatic hydroxyl groups is 1. The molecule has 3 aliphatic carbocycles. The van der Waals surface area contributed by atoms with Crippen LogP contribution in [-0.4, -0.2) is 73.5 Å². The first-order chi connectivity index (χ1) is 14.8. The number of phenols is 1. The fraction of sp³-hybridized carbons (Fsp3) is 0.409. The Morgan fingerprint density at radius 1 is 1.12 bits per heavy atom. The topological polar surface area (TPSA) is 182 Å². The summed E-state index contributed by atoms with van der Waals surface area (Å²) in [4.78, 5) is 41.2. The van der Waals surface area contributed by atoms with Crippen LogP contribution in [-0.2, 0) is 20.0 Å². The SMILES string of the molecule is CN(C)[C@@H]1C(=O)/C(=C(\N)O)C(=O)[C@@]2(O)C(=O)C3=C(O)c4c(O)cccc4[C@@](C)(O)[C@H]3C[C@@H]12. The van der Waals surface area contributed by atoms with Gasteiger partial charge in [-0.1, -0.05) is 12.1 Å². The number of fused-ring (bicyclic) bond motifs is 3. The van der Waals surface area contributed by atoms with E-state index in [1.165, 1.54) is 44.1 Å². The maximum absolute atomic E-state index is 13.6. The van der Waals surface area contributed by atoms with Crippen molar-refractivity contribution in [2.45, 2.75) is 30.6 Å². The molecule has 10 nitrogen and oxygen atoms in total. The number of likely N-dealkylation sites (N-methyl/N-ethyl adjacent to an activating group) is 1. The van der Waals surface area contributed by atoms with Crippen molar-refractivity contribution in [2.75, 3.05) is 14.1 Å². The van der Waals surface area contributed by atoms with Crippen molar-refractivity contribution in [1.29, 1.82) is 0 Å². The van der Waals surface area contributed by atoms with E-state index in [1.54, 1.807) is 0 Å². The summed E-state index contributed by atoms with van der Waals surface area (Å²) in [5.41, 5.74) is -0.589. The van der Waals surface area contributed by atoms with Crippen LogP contribution in [0.1, 0.15) is 24.5 Å². The van der Waals surface area contributed by atoms with E-state index in [4.69, 9.17) is 5.73 Å². The highest BCUT2D eigenvalue weighted by molar-refractivity contribution is 6.35. The average molecular weight is 444 g/mol. The molecule has 0 bridgehead atoms. The number of benzene rings is 1. The molecule has 1 aromatic rings. The molecule has 0 aliphatic heterocycles. The lowest BCUT2D eigenvalue weighted by molar-refractivity contribution is -0.169. The van der Waals surface area contributed by atoms with Crippen LogP contribution in [0.2, 0.25) is 0 Å². The van der Waals surface area contributed by atoms with Crippen LogP contribution >= 0.6 is 0 Å². The maximum Gasteiger partial charge on any atom is 0.211 e. The highest BCUT2D eigenvalue weighted by atomic mass is 16.3. The molecule has 0 saturated heterocycles. The Bertz CT molecular complexity index is 1140. The third-order valence-corrected chi connectivity index (χ3v) is 7.01. The lowest BCUT2D eigenvalue weighted by Crippen LogP contribution is -2.70. The predicted octanol–water partition coefficient (Wildman–Crippen LogP) is -0.371. The smallest absolute Gasteiger partial charge is 0.211 e. The lowest BCUT2D eigenvalue weighted by Gasteiger charge is -2.53. The van der Waals surface area contributed by atoms with Crippen molar-refractivity contribution in [1.82, 2.24) is 4.90 Å². The van der Waals surface area contributed by atoms with Gasteiger partial charge in [0.1, 0.15) is 17.1 Å². The van der Waals surface area contributed by atoms with E-state index in [9.17, 15) is 39.9 Å². The maximum atomic E-state index is 13.6. The van der Waals surface area contributed by atoms with E-state index >= 15 is 0 Å². The summed E-state index contributed by atoms with van der Waals surface area (Å²) in [7, 11) is 3.01. The van der Waals surface area contributed by atoms with E-state index in [2.05, 4.69) is 0 Å². The molecule has 170 valence electrons. The first kappa shape index (κ1) is 22.0. The number of aliphatic hydroxyl groups excluding tert-OH is 2. The summed E-state index contributed by atoms with van der Waals surface area (Å²) in [6.07, 6.45) is -0.220. The van der Waals surface area contributed by atoms with Gasteiger partial charge in [0.15, 0.2) is 17.3 Å². The Balaban J connectivity index is 2.03. The molecule has 0 spiro atoms. The molecule has 10 heteroatoms. The van der Waals surface area contributed by atoms with Gasteiger partial charge in [-0.15, -0.1) is 0 Å². The third-order valence-electron chi connectivity index (χ3n) is 7.01. The van der Waals surface area contributed by atoms with E-state index in [0.29, 0.717) is 0 Å². The summed E-state index contributed by atoms with van der Waals surface area (Å²) in [5.74, 6) is -8.00. The molecule has 0 radical (unpaired) electrons. The minimum Gasteiger partial charge on any atom is -0.507 e. The molecular formula is C22H24N2O8. The van der Waals surface area contributed by atoms with Crippen LogP contribution in [0.15, 0.2) is 35.2 Å². The van der Waals surface area contributed by atoms with Gasteiger partial charge < -0.3 is 31.3 Å². The van der Waals surface area contributed by atoms with Gasteiger partial charge >= 0.3 is 0 Å². The highest BCUT2D eigenvalue weighted by Gasteiger charge is 2.68. The van der Waals surface area contributed by atoms with Crippen LogP contribution in [0.3, 0.4) is 0 Å². The molecule has 0 amide bonds. The fourth-order valence-electron chi connectivity index (χ4n) is 5.49. The zero-order chi connectivity index (χ0) is 23.9. The van der Waals surface area contributed by atoms with Crippen molar-refractivity contribution < 1.29 is 39.9 Å². The highest BCUT2D eigenvalue weighted by Crippen LogP contribution is 2.56. The molecular weight excluding hydrogens is 420 g/mol. The molecule has 7 N–H and O–H groups in total. The van der Waals surface area contributed by atoms with Gasteiger partial charge in [-0.3, -0.25) is 19.3 Å². The number of nitrogens with two attached hydrogens (primary N) is 1. The minimum atomic E-state index is -2.82. The van der Waals surface area contributed by atoms with E-state index in [-0.39, 0.29) is 17.5 Å². The summed E-state index contributed by atoms with van der Waals surface area (Å²) in [6, 6.07) is 3.00. The number of hydrogen-bond acceptors (Lipinski definition) is 10. The predicted molar refractivity (Wildman–Crippen MR) is 110 cm³/mol. The molecule has 5 atom stereocenters. The summed E-state index contributed by atoms with van der Waals surface area (Å²) < 4.78 is 0. The Morgan fingerprint density at radius 3 is 2.31 bits per heavy atom. The van der Waals surface area contributed by atoms with Crippen LogP contribution in [0.4, 0.5) is 0 Å². The zero-order valence-corrected chi connectivity index (χ0v) is 17.7. The van der Waals surface area contributed by atoms with Crippen molar-refractivity contribution in [3.8, 4) is 5.75 Å². The second-order valence-corrected chi connectivity index (χ2v) is 8.96. The van der Waals surface area contributed by atoms with Gasteiger partial charge in [0, 0.05) is 17.4 Å². The Hall–Kier alpha value is -3.21. The van der Waals surface area contributed by atoms with Gasteiger partial charge in [-0.2, -0.15) is 0 Å². The van der Waals surface area contributed by atoms with Crippen LogP contribution in [0, 0.1) is 11.8 Å². The van der Waals surface area contributed by atoms with E-state index in [0.717, 1.165) is 0 Å². The normalized spacial score (nSPS) is 36.1. The van der Waals surface area contributed by atoms with Crippen molar-refractivity contribution in [3.63, 3.8) is 0 Å². The van der Waals surface area contributed by atoms with Crippen LogP contribution in [0.5, 0.6) is 5.75 Å². The van der Waals surface area contributed by atoms with Gasteiger partial charge in [0.2, 0.25) is 11.6 Å². The average Bonchev–Trinajstić information content (AvgIpc) is 2.68. The minimum absolute atomic E-state index is 0.164. The molecule has 0 aromatic heterocycles. The molecule has 32 heavy (non-hydrogen) atoms. The Morgan fingerprint density at radius 2 is 1.75 bits per heavy atom. The van der Waals surface area contributed by atoms with Gasteiger partial charge in [0.05, 0.1) is 17.2 Å². The van der Waals surface area contributed by atoms with Crippen molar-refractivity contribution in [2.24, 2.45) is 17.6 Å². The number of hydrogen-bond donors (Lipinski definition) is 6. The van der Waals surface area contributed by atoms with Crippen LogP contribution in [0.25, 0.3) is 5.76 Å². The van der Waals surface area contributed by atoms with Crippen molar-refractivity contribution >= 4 is 23.1 Å². The number of aliphatic hydroxyl groups is 4. The molecule has 1 aromatic carbocycles. The summed E-state index contributed by atoms with van der Waals surface area (Å²) >= 11 is 0. The summed E-state index contributed by atoms with van der Waals surface area (Å²) in [5, 5.41) is 53.9.